The van der Waals surface area contributed by atoms with Crippen LogP contribution in [0.4, 0.5) is 32.0 Å². The molecule has 0 atom stereocenters. The fourth-order valence-corrected chi connectivity index (χ4v) is 3.22. The lowest BCUT2D eigenvalue weighted by molar-refractivity contribution is -0.143. The molecule has 0 fully saturated rings. The summed E-state index contributed by atoms with van der Waals surface area (Å²) < 4.78 is 77.7. The smallest absolute Gasteiger partial charge is 0.416 e. The van der Waals surface area contributed by atoms with E-state index in [1.807, 2.05) is 5.32 Å². The van der Waals surface area contributed by atoms with E-state index in [0.29, 0.717) is 17.7 Å². The third kappa shape index (κ3) is 4.70. The molecule has 1 aromatic heterocycles. The average Bonchev–Trinajstić information content (AvgIpc) is 3.15. The number of hydrogen-bond donors (Lipinski definition) is 2. The molecule has 0 aliphatic carbocycles. The molecule has 1 amide bonds. The average molecular weight is 431 g/mol. The lowest BCUT2D eigenvalue weighted by atomic mass is 10.0. The summed E-state index contributed by atoms with van der Waals surface area (Å²) in [6.07, 6.45) is -10.1. The number of benzene rings is 2. The number of alkyl halides is 6. The summed E-state index contributed by atoms with van der Waals surface area (Å²) in [5.74, 6) is -1.52. The summed E-state index contributed by atoms with van der Waals surface area (Å²) >= 11 is 1.39. The van der Waals surface area contributed by atoms with Crippen molar-refractivity contribution >= 4 is 22.9 Å². The molecule has 3 rings (SSSR count). The maximum Gasteiger partial charge on any atom is 0.416 e. The van der Waals surface area contributed by atoms with Crippen molar-refractivity contribution in [2.24, 2.45) is 0 Å². The minimum atomic E-state index is -5.04. The molecule has 3 aromatic rings. The summed E-state index contributed by atoms with van der Waals surface area (Å²) in [6, 6.07) is 6.55. The molecule has 0 saturated heterocycles. The number of anilines is 1. The van der Waals surface area contributed by atoms with E-state index in [9.17, 15) is 36.2 Å². The molecule has 0 spiro atoms. The standard InChI is InChI=1S/C19H11F6NO2S/c20-18(21,22)12-6-13(19(23,24)25)8-14(7-12)26-17(28)15-5-10(1-2-16(15)27)11-3-4-29-9-11/h1-9,27H,(H,26,28). The largest absolute Gasteiger partial charge is 0.507 e. The first-order chi connectivity index (χ1) is 13.4. The molecule has 0 saturated carbocycles. The van der Waals surface area contributed by atoms with Gasteiger partial charge in [0, 0.05) is 5.69 Å². The van der Waals surface area contributed by atoms with Gasteiger partial charge in [-0.1, -0.05) is 6.07 Å². The highest BCUT2D eigenvalue weighted by Gasteiger charge is 2.37. The van der Waals surface area contributed by atoms with Crippen molar-refractivity contribution in [2.45, 2.75) is 12.4 Å². The van der Waals surface area contributed by atoms with Gasteiger partial charge in [0.2, 0.25) is 0 Å². The summed E-state index contributed by atoms with van der Waals surface area (Å²) in [5, 5.41) is 15.5. The molecule has 29 heavy (non-hydrogen) atoms. The van der Waals surface area contributed by atoms with Gasteiger partial charge in [-0.15, -0.1) is 0 Å². The van der Waals surface area contributed by atoms with E-state index >= 15 is 0 Å². The van der Waals surface area contributed by atoms with Crippen LogP contribution in [0.15, 0.2) is 53.2 Å². The van der Waals surface area contributed by atoms with Crippen molar-refractivity contribution in [3.8, 4) is 16.9 Å². The quantitative estimate of drug-likeness (QED) is 0.471. The van der Waals surface area contributed by atoms with Crippen LogP contribution >= 0.6 is 11.3 Å². The Hall–Kier alpha value is -3.01. The van der Waals surface area contributed by atoms with Gasteiger partial charge in [0.15, 0.2) is 0 Å². The monoisotopic (exact) mass is 431 g/mol. The van der Waals surface area contributed by atoms with Crippen LogP contribution in [-0.2, 0) is 12.4 Å². The Balaban J connectivity index is 1.98. The predicted octanol–water partition coefficient (Wildman–Crippen LogP) is 6.41. The second-order valence-electron chi connectivity index (χ2n) is 5.99. The second kappa shape index (κ2) is 7.43. The fourth-order valence-electron chi connectivity index (χ4n) is 2.55. The fraction of sp³-hybridized carbons (Fsp3) is 0.105. The van der Waals surface area contributed by atoms with E-state index in [0.717, 1.165) is 5.56 Å². The highest BCUT2D eigenvalue weighted by Crippen LogP contribution is 2.38. The maximum atomic E-state index is 13.0. The highest BCUT2D eigenvalue weighted by molar-refractivity contribution is 7.08. The first-order valence-electron chi connectivity index (χ1n) is 7.91. The van der Waals surface area contributed by atoms with Gasteiger partial charge >= 0.3 is 12.4 Å². The Morgan fingerprint density at radius 3 is 2.00 bits per heavy atom. The van der Waals surface area contributed by atoms with Crippen molar-refractivity contribution in [1.82, 2.24) is 0 Å². The van der Waals surface area contributed by atoms with Gasteiger partial charge in [0.05, 0.1) is 16.7 Å². The van der Waals surface area contributed by atoms with Crippen molar-refractivity contribution < 1.29 is 36.2 Å². The van der Waals surface area contributed by atoms with Crippen LogP contribution in [0.2, 0.25) is 0 Å². The van der Waals surface area contributed by atoms with Gasteiger partial charge in [-0.25, -0.2) is 0 Å². The van der Waals surface area contributed by atoms with Crippen molar-refractivity contribution in [1.29, 1.82) is 0 Å². The minimum Gasteiger partial charge on any atom is -0.507 e. The summed E-state index contributed by atoms with van der Waals surface area (Å²) in [5.41, 5.74) is -2.81. The van der Waals surface area contributed by atoms with Crippen LogP contribution in [0.5, 0.6) is 5.75 Å². The van der Waals surface area contributed by atoms with Crippen molar-refractivity contribution in [2.75, 3.05) is 5.32 Å². The first kappa shape index (κ1) is 20.7. The number of amides is 1. The lowest BCUT2D eigenvalue weighted by Gasteiger charge is -2.15. The Morgan fingerprint density at radius 2 is 1.48 bits per heavy atom. The molecule has 0 aliphatic rings. The van der Waals surface area contributed by atoms with Crippen LogP contribution in [0.25, 0.3) is 11.1 Å². The number of aromatic hydroxyl groups is 1. The molecule has 3 nitrogen and oxygen atoms in total. The minimum absolute atomic E-state index is 0.0374. The van der Waals surface area contributed by atoms with E-state index in [1.165, 1.54) is 29.5 Å². The zero-order valence-corrected chi connectivity index (χ0v) is 15.0. The molecule has 1 heterocycles. The van der Waals surface area contributed by atoms with Crippen LogP contribution in [0, 0.1) is 0 Å². The normalized spacial score (nSPS) is 12.1. The van der Waals surface area contributed by atoms with Gasteiger partial charge in [-0.05, 0) is 58.3 Å². The van der Waals surface area contributed by atoms with Crippen LogP contribution in [0.1, 0.15) is 21.5 Å². The number of phenols is 1. The van der Waals surface area contributed by atoms with E-state index in [1.54, 1.807) is 16.8 Å². The predicted molar refractivity (Wildman–Crippen MR) is 95.8 cm³/mol. The molecular weight excluding hydrogens is 420 g/mol. The van der Waals surface area contributed by atoms with Crippen molar-refractivity contribution in [3.05, 3.63) is 69.9 Å². The summed E-state index contributed by atoms with van der Waals surface area (Å²) in [7, 11) is 0. The molecule has 0 bridgehead atoms. The Bertz CT molecular complexity index is 1010. The number of rotatable bonds is 3. The Labute approximate surface area is 164 Å². The number of hydrogen-bond acceptors (Lipinski definition) is 3. The zero-order chi connectivity index (χ0) is 21.4. The molecule has 0 unspecified atom stereocenters. The number of phenolic OH excluding ortho intramolecular Hbond substituents is 1. The maximum absolute atomic E-state index is 13.0. The molecule has 152 valence electrons. The summed E-state index contributed by atoms with van der Waals surface area (Å²) in [6.45, 7) is 0. The van der Waals surface area contributed by atoms with Gasteiger partial charge in [0.1, 0.15) is 5.75 Å². The number of nitrogens with one attached hydrogen (secondary N) is 1. The van der Waals surface area contributed by atoms with E-state index < -0.39 is 40.8 Å². The van der Waals surface area contributed by atoms with E-state index in [-0.39, 0.29) is 11.6 Å². The first-order valence-corrected chi connectivity index (χ1v) is 8.86. The van der Waals surface area contributed by atoms with Crippen LogP contribution < -0.4 is 5.32 Å². The molecule has 2 aromatic carbocycles. The number of halogens is 6. The van der Waals surface area contributed by atoms with Gasteiger partial charge < -0.3 is 10.4 Å². The van der Waals surface area contributed by atoms with Gasteiger partial charge in [-0.3, -0.25) is 4.79 Å². The number of carbonyl (C=O) groups is 1. The summed E-state index contributed by atoms with van der Waals surface area (Å²) in [4.78, 5) is 12.4. The van der Waals surface area contributed by atoms with E-state index in [2.05, 4.69) is 0 Å². The third-order valence-electron chi connectivity index (χ3n) is 3.94. The number of carbonyl (C=O) groups excluding carboxylic acids is 1. The topological polar surface area (TPSA) is 49.3 Å². The Kier molecular flexibility index (Phi) is 5.31. The molecule has 2 N–H and O–H groups in total. The van der Waals surface area contributed by atoms with Gasteiger partial charge in [-0.2, -0.15) is 37.7 Å². The van der Waals surface area contributed by atoms with Gasteiger partial charge in [0.25, 0.3) is 5.91 Å². The lowest BCUT2D eigenvalue weighted by Crippen LogP contribution is -2.16. The third-order valence-corrected chi connectivity index (χ3v) is 4.62. The van der Waals surface area contributed by atoms with E-state index in [4.69, 9.17) is 0 Å². The van der Waals surface area contributed by atoms with Crippen LogP contribution in [-0.4, -0.2) is 11.0 Å². The zero-order valence-electron chi connectivity index (χ0n) is 14.2. The molecular formula is C19H11F6NO2S. The number of thiophene rings is 1. The second-order valence-corrected chi connectivity index (χ2v) is 6.77. The highest BCUT2D eigenvalue weighted by atomic mass is 32.1. The van der Waals surface area contributed by atoms with Crippen LogP contribution in [0.3, 0.4) is 0 Å². The Morgan fingerprint density at radius 1 is 0.862 bits per heavy atom. The molecule has 10 heteroatoms. The molecule has 0 aliphatic heterocycles. The molecule has 0 radical (unpaired) electrons. The van der Waals surface area contributed by atoms with Crippen molar-refractivity contribution in [3.63, 3.8) is 0 Å². The SMILES string of the molecule is O=C(Nc1cc(C(F)(F)F)cc(C(F)(F)F)c1)c1cc(-c2ccsc2)ccc1O.